The molecular weight excluding hydrogens is 462 g/mol. The number of aryl methyl sites for hydroxylation is 1. The molecule has 0 aliphatic carbocycles. The Balaban J connectivity index is 1.26. The first kappa shape index (κ1) is 23.9. The molecule has 3 aliphatic heterocycles. The second-order valence-electron chi connectivity index (χ2n) is 10.5. The van der Waals surface area contributed by atoms with E-state index >= 15 is 0 Å². The van der Waals surface area contributed by atoms with Crippen molar-refractivity contribution in [3.63, 3.8) is 0 Å². The number of fused-ring (bicyclic) bond motifs is 1. The number of rotatable bonds is 8. The lowest BCUT2D eigenvalue weighted by Crippen LogP contribution is -2.45. The molecule has 192 valence electrons. The number of hydrogen-bond acceptors (Lipinski definition) is 5. The smallest absolute Gasteiger partial charge is 0.275 e. The summed E-state index contributed by atoms with van der Waals surface area (Å²) >= 11 is 0. The van der Waals surface area contributed by atoms with Gasteiger partial charge in [-0.3, -0.25) is 19.8 Å². The zero-order valence-electron chi connectivity index (χ0n) is 21.2. The molecule has 7 heteroatoms. The first-order valence-electron chi connectivity index (χ1n) is 13.6. The van der Waals surface area contributed by atoms with E-state index in [2.05, 4.69) is 37.7 Å². The van der Waals surface area contributed by atoms with E-state index in [1.54, 1.807) is 0 Å². The summed E-state index contributed by atoms with van der Waals surface area (Å²) in [5, 5.41) is 10.2. The zero-order chi connectivity index (χ0) is 25.2. The van der Waals surface area contributed by atoms with Crippen LogP contribution in [-0.4, -0.2) is 53.5 Å². The maximum absolute atomic E-state index is 13.0. The molecule has 2 saturated heterocycles. The van der Waals surface area contributed by atoms with E-state index in [0.29, 0.717) is 17.3 Å². The van der Waals surface area contributed by atoms with Gasteiger partial charge >= 0.3 is 0 Å². The minimum Gasteiger partial charge on any atom is -0.350 e. The molecule has 3 aromatic rings. The number of hydrogen-bond donors (Lipinski definition) is 3. The maximum Gasteiger partial charge on any atom is 0.275 e. The number of amides is 2. The molecule has 3 N–H and O–H groups in total. The average molecular weight is 498 g/mol. The largest absolute Gasteiger partial charge is 0.350 e. The minimum atomic E-state index is -0.391. The van der Waals surface area contributed by atoms with Gasteiger partial charge < -0.3 is 15.2 Å². The summed E-state index contributed by atoms with van der Waals surface area (Å²) in [6.07, 6.45) is 8.35. The monoisotopic (exact) mass is 497 g/mol. The summed E-state index contributed by atoms with van der Waals surface area (Å²) in [7, 11) is 0. The summed E-state index contributed by atoms with van der Waals surface area (Å²) < 4.78 is 2.25. The number of aromatic nitrogens is 1. The molecule has 2 aromatic carbocycles. The predicted molar refractivity (Wildman–Crippen MR) is 147 cm³/mol. The Morgan fingerprint density at radius 3 is 2.59 bits per heavy atom. The molecule has 2 amide bonds. The Kier molecular flexibility index (Phi) is 6.81. The molecule has 6 rings (SSSR count). The Morgan fingerprint density at radius 1 is 0.919 bits per heavy atom. The van der Waals surface area contributed by atoms with Gasteiger partial charge in [-0.25, -0.2) is 0 Å². The number of nitrogens with one attached hydrogen (secondary N) is 3. The lowest BCUT2D eigenvalue weighted by atomic mass is 9.89. The van der Waals surface area contributed by atoms with Crippen molar-refractivity contribution in [2.75, 3.05) is 31.5 Å². The number of nitrogens with zero attached hydrogens (tertiary/aromatic N) is 2. The van der Waals surface area contributed by atoms with Crippen molar-refractivity contribution in [3.8, 4) is 0 Å². The van der Waals surface area contributed by atoms with E-state index in [1.807, 2.05) is 48.5 Å². The van der Waals surface area contributed by atoms with Crippen LogP contribution in [0.25, 0.3) is 16.5 Å². The highest BCUT2D eigenvalue weighted by molar-refractivity contribution is 6.38. The van der Waals surface area contributed by atoms with Gasteiger partial charge in [-0.05, 0) is 69.4 Å². The molecule has 3 aliphatic rings. The van der Waals surface area contributed by atoms with Gasteiger partial charge in [0.2, 0.25) is 0 Å². The molecule has 0 spiro atoms. The van der Waals surface area contributed by atoms with E-state index in [4.69, 9.17) is 0 Å². The number of para-hydroxylation sites is 2. The predicted octanol–water partition coefficient (Wildman–Crippen LogP) is 3.98. The second-order valence-corrected chi connectivity index (χ2v) is 10.5. The molecule has 0 radical (unpaired) electrons. The van der Waals surface area contributed by atoms with Crippen LogP contribution >= 0.6 is 0 Å². The fourth-order valence-corrected chi connectivity index (χ4v) is 6.41. The molecule has 0 bridgehead atoms. The van der Waals surface area contributed by atoms with Gasteiger partial charge in [0.25, 0.3) is 11.8 Å². The van der Waals surface area contributed by atoms with Gasteiger partial charge in [0.1, 0.15) is 5.70 Å². The second kappa shape index (κ2) is 10.5. The fourth-order valence-electron chi connectivity index (χ4n) is 6.41. The summed E-state index contributed by atoms with van der Waals surface area (Å²) in [5.41, 5.74) is 3.38. The third-order valence-corrected chi connectivity index (χ3v) is 8.18. The highest BCUT2D eigenvalue weighted by Crippen LogP contribution is 2.33. The molecule has 1 aromatic heterocycles. The van der Waals surface area contributed by atoms with Gasteiger partial charge in [0.15, 0.2) is 0 Å². The van der Waals surface area contributed by atoms with Crippen LogP contribution in [0.4, 0.5) is 5.69 Å². The molecule has 0 saturated carbocycles. The summed E-state index contributed by atoms with van der Waals surface area (Å²) in [5.74, 6) is 0.0334. The Bertz CT molecular complexity index is 1320. The molecule has 2 fully saturated rings. The molecule has 37 heavy (non-hydrogen) atoms. The van der Waals surface area contributed by atoms with Gasteiger partial charge in [0.05, 0.1) is 5.57 Å². The molecule has 4 heterocycles. The first-order chi connectivity index (χ1) is 18.2. The number of benzene rings is 2. The van der Waals surface area contributed by atoms with Crippen molar-refractivity contribution in [1.82, 2.24) is 20.1 Å². The fraction of sp³-hybridized carbons (Fsp3) is 0.400. The molecule has 7 nitrogen and oxygen atoms in total. The number of likely N-dealkylation sites (tertiary alicyclic amines) is 1. The van der Waals surface area contributed by atoms with Gasteiger partial charge in [-0.1, -0.05) is 42.8 Å². The van der Waals surface area contributed by atoms with Gasteiger partial charge in [-0.15, -0.1) is 0 Å². The Labute approximate surface area is 217 Å². The summed E-state index contributed by atoms with van der Waals surface area (Å²) in [4.78, 5) is 28.4. The van der Waals surface area contributed by atoms with E-state index in [-0.39, 0.29) is 5.91 Å². The zero-order valence-corrected chi connectivity index (χ0v) is 21.2. The van der Waals surface area contributed by atoms with Crippen molar-refractivity contribution in [2.45, 2.75) is 44.7 Å². The quantitative estimate of drug-likeness (QED) is 0.411. The van der Waals surface area contributed by atoms with Crippen LogP contribution in [-0.2, 0) is 16.1 Å². The van der Waals surface area contributed by atoms with Crippen LogP contribution in [0.5, 0.6) is 0 Å². The normalized spacial score (nSPS) is 22.7. The lowest BCUT2D eigenvalue weighted by molar-refractivity contribution is -0.123. The average Bonchev–Trinajstić information content (AvgIpc) is 3.64. The maximum atomic E-state index is 13.0. The first-order valence-corrected chi connectivity index (χ1v) is 13.6. The van der Waals surface area contributed by atoms with Crippen LogP contribution in [0.2, 0.25) is 0 Å². The number of carbonyl (C=O) groups is 2. The van der Waals surface area contributed by atoms with Gasteiger partial charge in [0, 0.05) is 47.5 Å². The topological polar surface area (TPSA) is 78.4 Å². The standard InChI is InChI=1S/C30H35N5O2/c36-29-27(28(30(37)33-29)32-22-9-2-1-3-10-22)24-20-35(26-13-5-4-11-23(24)26)18-8-17-34-16-7-6-12-25(34)21-14-15-31-19-21/h1-5,9-11,13,20-21,25,31H,6-8,12,14-19H2,(H2,32,33,36,37). The molecule has 2 unspecified atom stereocenters. The highest BCUT2D eigenvalue weighted by atomic mass is 16.2. The van der Waals surface area contributed by atoms with Crippen molar-refractivity contribution in [3.05, 3.63) is 72.1 Å². The summed E-state index contributed by atoms with van der Waals surface area (Å²) in [6.45, 7) is 5.47. The van der Waals surface area contributed by atoms with Crippen molar-refractivity contribution >= 4 is 34.0 Å². The molecule has 2 atom stereocenters. The van der Waals surface area contributed by atoms with Crippen LogP contribution in [0.1, 0.15) is 37.7 Å². The van der Waals surface area contributed by atoms with Crippen LogP contribution < -0.4 is 16.0 Å². The Morgan fingerprint density at radius 2 is 1.76 bits per heavy atom. The van der Waals surface area contributed by atoms with E-state index in [1.165, 1.54) is 32.2 Å². The van der Waals surface area contributed by atoms with Crippen molar-refractivity contribution < 1.29 is 9.59 Å². The molecular formula is C30H35N5O2. The summed E-state index contributed by atoms with van der Waals surface area (Å²) in [6, 6.07) is 18.4. The van der Waals surface area contributed by atoms with Crippen LogP contribution in [0.3, 0.4) is 0 Å². The van der Waals surface area contributed by atoms with E-state index in [0.717, 1.165) is 60.7 Å². The third kappa shape index (κ3) is 4.81. The number of carbonyl (C=O) groups excluding carboxylic acids is 2. The SMILES string of the molecule is O=C1NC(=O)C(c2cn(CCCN3CCCCC3C3CCNC3)c3ccccc23)=C1Nc1ccccc1. The van der Waals surface area contributed by atoms with E-state index < -0.39 is 5.91 Å². The van der Waals surface area contributed by atoms with Crippen LogP contribution in [0, 0.1) is 5.92 Å². The third-order valence-electron chi connectivity index (χ3n) is 8.18. The van der Waals surface area contributed by atoms with E-state index in [9.17, 15) is 9.59 Å². The highest BCUT2D eigenvalue weighted by Gasteiger charge is 2.34. The minimum absolute atomic E-state index is 0.306. The number of imide groups is 1. The Hall–Kier alpha value is -3.42. The van der Waals surface area contributed by atoms with Gasteiger partial charge in [-0.2, -0.15) is 0 Å². The van der Waals surface area contributed by atoms with Crippen molar-refractivity contribution in [2.24, 2.45) is 5.92 Å². The van der Waals surface area contributed by atoms with Crippen LogP contribution in [0.15, 0.2) is 66.5 Å². The number of piperidine rings is 1. The number of anilines is 1. The lowest BCUT2D eigenvalue weighted by Gasteiger charge is -2.39. The van der Waals surface area contributed by atoms with Crippen molar-refractivity contribution in [1.29, 1.82) is 0 Å².